The van der Waals surface area contributed by atoms with Crippen LogP contribution in [0.5, 0.6) is 11.5 Å². The van der Waals surface area contributed by atoms with Crippen LogP contribution in [0.3, 0.4) is 0 Å². The Bertz CT molecular complexity index is 874. The lowest BCUT2D eigenvalue weighted by Gasteiger charge is -2.37. The van der Waals surface area contributed by atoms with Crippen molar-refractivity contribution in [2.45, 2.75) is 32.6 Å². The lowest BCUT2D eigenvalue weighted by molar-refractivity contribution is -0.119. The zero-order valence-electron chi connectivity index (χ0n) is 15.4. The van der Waals surface area contributed by atoms with Gasteiger partial charge in [-0.25, -0.2) is 0 Å². The van der Waals surface area contributed by atoms with E-state index in [0.717, 1.165) is 0 Å². The molecule has 0 saturated carbocycles. The second-order valence-corrected chi connectivity index (χ2v) is 7.31. The molecule has 0 fully saturated rings. The first-order valence-electron chi connectivity index (χ1n) is 8.37. The summed E-state index contributed by atoms with van der Waals surface area (Å²) in [5.41, 5.74) is 7.18. The van der Waals surface area contributed by atoms with Gasteiger partial charge in [0.1, 0.15) is 28.9 Å². The molecule has 136 valence electrons. The number of carbonyl (C=O) groups excluding carboxylic acids is 1. The molecule has 0 bridgehead atoms. The van der Waals surface area contributed by atoms with E-state index in [4.69, 9.17) is 19.9 Å². The van der Waals surface area contributed by atoms with Gasteiger partial charge in [-0.3, -0.25) is 4.79 Å². The first-order chi connectivity index (χ1) is 12.3. The second-order valence-electron chi connectivity index (χ2n) is 7.31. The highest BCUT2D eigenvalue weighted by Crippen LogP contribution is 2.49. The summed E-state index contributed by atoms with van der Waals surface area (Å²) in [6, 6.07) is 7.41. The van der Waals surface area contributed by atoms with Gasteiger partial charge in [0.05, 0.1) is 20.1 Å². The fourth-order valence-corrected chi connectivity index (χ4v) is 3.66. The van der Waals surface area contributed by atoms with Gasteiger partial charge in [-0.15, -0.1) is 0 Å². The molecule has 0 amide bonds. The average Bonchev–Trinajstić information content (AvgIpc) is 2.58. The van der Waals surface area contributed by atoms with Crippen molar-refractivity contribution in [2.24, 2.45) is 11.1 Å². The predicted octanol–water partition coefficient (Wildman–Crippen LogP) is 3.15. The Balaban J connectivity index is 2.25. The second kappa shape index (κ2) is 6.41. The first kappa shape index (κ1) is 17.9. The summed E-state index contributed by atoms with van der Waals surface area (Å²) in [6.45, 7) is 4.03. The number of nitrogens with zero attached hydrogens (tertiary/aromatic N) is 1. The molecule has 1 heterocycles. The number of nitrogens with two attached hydrogens (primary N) is 1. The number of methoxy groups -OCH3 is 2. The van der Waals surface area contributed by atoms with E-state index in [9.17, 15) is 10.1 Å². The van der Waals surface area contributed by atoms with Gasteiger partial charge in [-0.1, -0.05) is 13.8 Å². The van der Waals surface area contributed by atoms with Gasteiger partial charge in [0.15, 0.2) is 5.78 Å². The molecule has 1 aliphatic carbocycles. The van der Waals surface area contributed by atoms with E-state index >= 15 is 0 Å². The van der Waals surface area contributed by atoms with Crippen LogP contribution in [0.1, 0.15) is 38.2 Å². The van der Waals surface area contributed by atoms with Gasteiger partial charge in [0.25, 0.3) is 0 Å². The molecule has 1 aliphatic heterocycles. The molecule has 1 atom stereocenters. The number of ether oxygens (including phenoxy) is 3. The highest BCUT2D eigenvalue weighted by Gasteiger charge is 2.43. The fourth-order valence-electron chi connectivity index (χ4n) is 3.66. The van der Waals surface area contributed by atoms with Gasteiger partial charge in [-0.2, -0.15) is 5.26 Å². The number of hydrogen-bond donors (Lipinski definition) is 1. The summed E-state index contributed by atoms with van der Waals surface area (Å²) in [7, 11) is 3.11. The van der Waals surface area contributed by atoms with Crippen LogP contribution in [0.2, 0.25) is 0 Å². The van der Waals surface area contributed by atoms with Crippen molar-refractivity contribution < 1.29 is 19.0 Å². The zero-order chi connectivity index (χ0) is 19.1. The van der Waals surface area contributed by atoms with Gasteiger partial charge in [0, 0.05) is 24.0 Å². The Morgan fingerprint density at radius 3 is 2.62 bits per heavy atom. The maximum absolute atomic E-state index is 13.0. The van der Waals surface area contributed by atoms with Gasteiger partial charge in [0.2, 0.25) is 5.88 Å². The Labute approximate surface area is 152 Å². The molecule has 0 saturated heterocycles. The third-order valence-electron chi connectivity index (χ3n) is 4.82. The number of allylic oxidation sites excluding steroid dienone is 3. The lowest BCUT2D eigenvalue weighted by atomic mass is 9.70. The molecule has 2 aliphatic rings. The maximum Gasteiger partial charge on any atom is 0.205 e. The number of ketones is 1. The minimum atomic E-state index is -0.627. The molecule has 0 radical (unpaired) electrons. The number of carbonyl (C=O) groups is 1. The molecule has 0 unspecified atom stereocenters. The minimum Gasteiger partial charge on any atom is -0.497 e. The standard InChI is InChI=1S/C20H22N2O4/c1-20(2)8-14(23)18-16(9-20)26-19(22)13(10-21)17(18)12-7-11(24-3)5-6-15(12)25-4/h5-7,17H,8-9,22H2,1-4H3/t17-/m0/s1. The molecule has 26 heavy (non-hydrogen) atoms. The van der Waals surface area contributed by atoms with E-state index < -0.39 is 5.92 Å². The van der Waals surface area contributed by atoms with Crippen molar-refractivity contribution in [1.29, 1.82) is 5.26 Å². The lowest BCUT2D eigenvalue weighted by Crippen LogP contribution is -2.33. The van der Waals surface area contributed by atoms with Crippen LogP contribution in [0.25, 0.3) is 0 Å². The molecule has 6 heteroatoms. The molecular formula is C20H22N2O4. The summed E-state index contributed by atoms with van der Waals surface area (Å²) >= 11 is 0. The Hall–Kier alpha value is -2.94. The van der Waals surface area contributed by atoms with Gasteiger partial charge in [-0.05, 0) is 23.6 Å². The molecule has 2 N–H and O–H groups in total. The molecule has 0 spiro atoms. The van der Waals surface area contributed by atoms with Crippen molar-refractivity contribution in [1.82, 2.24) is 0 Å². The van der Waals surface area contributed by atoms with Gasteiger partial charge < -0.3 is 19.9 Å². The summed E-state index contributed by atoms with van der Waals surface area (Å²) in [4.78, 5) is 13.0. The first-order valence-corrected chi connectivity index (χ1v) is 8.37. The van der Waals surface area contributed by atoms with E-state index in [1.807, 2.05) is 13.8 Å². The third kappa shape index (κ3) is 2.90. The largest absolute Gasteiger partial charge is 0.497 e. The predicted molar refractivity (Wildman–Crippen MR) is 95.2 cm³/mol. The van der Waals surface area contributed by atoms with E-state index in [0.29, 0.717) is 41.2 Å². The summed E-state index contributed by atoms with van der Waals surface area (Å²) < 4.78 is 16.5. The fraction of sp³-hybridized carbons (Fsp3) is 0.400. The monoisotopic (exact) mass is 354 g/mol. The van der Waals surface area contributed by atoms with Crippen LogP contribution >= 0.6 is 0 Å². The number of nitriles is 1. The van der Waals surface area contributed by atoms with E-state index in [1.54, 1.807) is 32.4 Å². The smallest absolute Gasteiger partial charge is 0.205 e. The molecule has 0 aromatic heterocycles. The summed E-state index contributed by atoms with van der Waals surface area (Å²) in [5, 5.41) is 9.69. The van der Waals surface area contributed by atoms with Crippen molar-refractivity contribution in [2.75, 3.05) is 14.2 Å². The minimum absolute atomic E-state index is 0.0339. The van der Waals surface area contributed by atoms with Gasteiger partial charge >= 0.3 is 0 Å². The maximum atomic E-state index is 13.0. The Morgan fingerprint density at radius 2 is 2.00 bits per heavy atom. The topological polar surface area (TPSA) is 94.6 Å². The van der Waals surface area contributed by atoms with Crippen molar-refractivity contribution >= 4 is 5.78 Å². The number of Topliss-reactive ketones (excluding diaryl/α,β-unsaturated/α-hetero) is 1. The highest BCUT2D eigenvalue weighted by atomic mass is 16.5. The Morgan fingerprint density at radius 1 is 1.27 bits per heavy atom. The normalized spacial score (nSPS) is 21.7. The number of rotatable bonds is 3. The van der Waals surface area contributed by atoms with Crippen LogP contribution in [-0.4, -0.2) is 20.0 Å². The van der Waals surface area contributed by atoms with E-state index in [1.165, 1.54) is 0 Å². The molecule has 1 aromatic carbocycles. The zero-order valence-corrected chi connectivity index (χ0v) is 15.4. The van der Waals surface area contributed by atoms with Crippen LogP contribution in [0.4, 0.5) is 0 Å². The number of benzene rings is 1. The van der Waals surface area contributed by atoms with Crippen LogP contribution in [0.15, 0.2) is 41.0 Å². The molecule has 6 nitrogen and oxygen atoms in total. The quantitative estimate of drug-likeness (QED) is 0.896. The van der Waals surface area contributed by atoms with Crippen molar-refractivity contribution in [3.05, 3.63) is 46.6 Å². The number of hydrogen-bond acceptors (Lipinski definition) is 6. The molecular weight excluding hydrogens is 332 g/mol. The van der Waals surface area contributed by atoms with Crippen molar-refractivity contribution in [3.8, 4) is 17.6 Å². The average molecular weight is 354 g/mol. The van der Waals surface area contributed by atoms with Crippen LogP contribution in [0, 0.1) is 16.7 Å². The molecule has 1 aromatic rings. The third-order valence-corrected chi connectivity index (χ3v) is 4.82. The SMILES string of the molecule is COc1ccc(OC)c([C@H]2C(C#N)=C(N)OC3=C2C(=O)CC(C)(C)C3)c1. The van der Waals surface area contributed by atoms with E-state index in [2.05, 4.69) is 6.07 Å². The summed E-state index contributed by atoms with van der Waals surface area (Å²) in [6.07, 6.45) is 0.965. The Kier molecular flexibility index (Phi) is 4.41. The summed E-state index contributed by atoms with van der Waals surface area (Å²) in [5.74, 6) is 1.07. The van der Waals surface area contributed by atoms with Crippen LogP contribution in [-0.2, 0) is 9.53 Å². The highest BCUT2D eigenvalue weighted by molar-refractivity contribution is 6.00. The van der Waals surface area contributed by atoms with Crippen molar-refractivity contribution in [3.63, 3.8) is 0 Å². The van der Waals surface area contributed by atoms with E-state index in [-0.39, 0.29) is 22.7 Å². The van der Waals surface area contributed by atoms with Crippen LogP contribution < -0.4 is 15.2 Å². The molecule has 3 rings (SSSR count).